The van der Waals surface area contributed by atoms with Crippen LogP contribution in [-0.2, 0) is 19.2 Å². The van der Waals surface area contributed by atoms with Gasteiger partial charge >= 0.3 is 23.9 Å². The van der Waals surface area contributed by atoms with Crippen molar-refractivity contribution in [2.75, 3.05) is 0 Å². The number of carboxylic acids is 4. The maximum absolute atomic E-state index is 11.7. The standard InChI is InChI=1S/2C20H32O4/c2*1-5-9-11-15(7-3)13-17(19(21)22)18(20(23)24)14-16(8-4)12-10-6-2/h2*13-14H,5-12H2,1-4H3,(H,21,22)(H,23,24)/b15-13?,16-14?,18-17-;. The molecule has 0 heterocycles. The first-order chi connectivity index (χ1) is 22.8. The van der Waals surface area contributed by atoms with Crippen LogP contribution in [-0.4, -0.2) is 44.3 Å². The normalized spacial score (nSPS) is 13.7. The molecule has 0 spiro atoms. The van der Waals surface area contributed by atoms with E-state index in [4.69, 9.17) is 0 Å². The van der Waals surface area contributed by atoms with Crippen LogP contribution in [0.1, 0.15) is 158 Å². The number of allylic oxidation sites excluding steroid dienone is 4. The number of carboxylic acid groups (broad SMARTS) is 4. The quantitative estimate of drug-likeness (QED) is 0.0584. The average Bonchev–Trinajstić information content (AvgIpc) is 3.05. The van der Waals surface area contributed by atoms with Gasteiger partial charge in [-0.05, 0) is 101 Å². The van der Waals surface area contributed by atoms with Gasteiger partial charge in [-0.15, -0.1) is 0 Å². The molecule has 0 radical (unpaired) electrons. The van der Waals surface area contributed by atoms with Crippen molar-refractivity contribution in [1.82, 2.24) is 0 Å². The highest BCUT2D eigenvalue weighted by molar-refractivity contribution is 6.03. The molecule has 0 amide bonds. The number of rotatable bonds is 24. The molecule has 0 atom stereocenters. The lowest BCUT2D eigenvalue weighted by molar-refractivity contribution is -0.135. The van der Waals surface area contributed by atoms with Gasteiger partial charge in [0.2, 0.25) is 0 Å². The molecular weight excluding hydrogens is 608 g/mol. The number of unbranched alkanes of at least 4 members (excludes halogenated alkanes) is 4. The summed E-state index contributed by atoms with van der Waals surface area (Å²) in [7, 11) is 0. The summed E-state index contributed by atoms with van der Waals surface area (Å²) >= 11 is 0. The van der Waals surface area contributed by atoms with E-state index in [0.29, 0.717) is 0 Å². The maximum Gasteiger partial charge on any atom is 0.336 e. The van der Waals surface area contributed by atoms with E-state index in [2.05, 4.69) is 27.7 Å². The third-order valence-corrected chi connectivity index (χ3v) is 8.12. The lowest BCUT2D eigenvalue weighted by Gasteiger charge is -2.09. The van der Waals surface area contributed by atoms with Gasteiger partial charge < -0.3 is 20.4 Å². The molecular formula is C40H64O8. The zero-order valence-corrected chi connectivity index (χ0v) is 31.0. The van der Waals surface area contributed by atoms with Gasteiger partial charge in [-0.3, -0.25) is 0 Å². The van der Waals surface area contributed by atoms with E-state index in [9.17, 15) is 39.6 Å². The Morgan fingerprint density at radius 2 is 0.521 bits per heavy atom. The van der Waals surface area contributed by atoms with Gasteiger partial charge in [-0.2, -0.15) is 0 Å². The Hall–Kier alpha value is -3.68. The molecule has 0 saturated carbocycles. The molecule has 48 heavy (non-hydrogen) atoms. The minimum atomic E-state index is -1.18. The van der Waals surface area contributed by atoms with Crippen molar-refractivity contribution in [2.45, 2.75) is 158 Å². The van der Waals surface area contributed by atoms with E-state index in [0.717, 1.165) is 125 Å². The van der Waals surface area contributed by atoms with Gasteiger partial charge in [0.05, 0.1) is 22.3 Å². The Kier molecular flexibility index (Phi) is 27.4. The SMILES string of the molecule is CCCCC(=C/C(C(=O)O)=C(\C=C(CC)CCCC)C(=O)O)CC.CCCCC(=CC(C(=O)O)=C(C=C(CC)CCCC)C(=O)O)CC. The van der Waals surface area contributed by atoms with Gasteiger partial charge in [0.1, 0.15) is 0 Å². The summed E-state index contributed by atoms with van der Waals surface area (Å²) in [4.78, 5) is 46.6. The molecule has 0 aliphatic carbocycles. The largest absolute Gasteiger partial charge is 0.478 e. The molecule has 0 unspecified atom stereocenters. The number of aliphatic carboxylic acids is 4. The molecule has 0 aromatic rings. The summed E-state index contributed by atoms with van der Waals surface area (Å²) in [6.45, 7) is 16.2. The van der Waals surface area contributed by atoms with E-state index < -0.39 is 23.9 Å². The van der Waals surface area contributed by atoms with Crippen molar-refractivity contribution in [3.8, 4) is 0 Å². The molecule has 0 aliphatic rings. The van der Waals surface area contributed by atoms with E-state index in [1.54, 1.807) is 24.3 Å². The second-order valence-corrected chi connectivity index (χ2v) is 11.9. The summed E-state index contributed by atoms with van der Waals surface area (Å²) in [5.74, 6) is -4.73. The summed E-state index contributed by atoms with van der Waals surface area (Å²) in [5, 5.41) is 38.1. The van der Waals surface area contributed by atoms with Gasteiger partial charge in [0.15, 0.2) is 0 Å². The molecule has 0 aliphatic heterocycles. The van der Waals surface area contributed by atoms with Gasteiger partial charge in [-0.1, -0.05) is 103 Å². The molecule has 0 aromatic heterocycles. The topological polar surface area (TPSA) is 149 Å². The number of hydrogen-bond donors (Lipinski definition) is 4. The lowest BCUT2D eigenvalue weighted by Crippen LogP contribution is -2.10. The minimum Gasteiger partial charge on any atom is -0.478 e. The van der Waals surface area contributed by atoms with Crippen LogP contribution in [0.4, 0.5) is 0 Å². The van der Waals surface area contributed by atoms with Crippen LogP contribution in [0.3, 0.4) is 0 Å². The average molecular weight is 673 g/mol. The second kappa shape index (κ2) is 28.3. The molecule has 8 heteroatoms. The predicted molar refractivity (Wildman–Crippen MR) is 196 cm³/mol. The first kappa shape index (κ1) is 46.4. The molecule has 0 saturated heterocycles. The van der Waals surface area contributed by atoms with E-state index in [-0.39, 0.29) is 22.3 Å². The van der Waals surface area contributed by atoms with Crippen LogP contribution in [0.2, 0.25) is 0 Å². The Morgan fingerprint density at radius 1 is 0.354 bits per heavy atom. The van der Waals surface area contributed by atoms with Gasteiger partial charge in [-0.25, -0.2) is 19.2 Å². The summed E-state index contributed by atoms with van der Waals surface area (Å²) in [6, 6.07) is 0. The Bertz CT molecular complexity index is 1020. The van der Waals surface area contributed by atoms with Crippen LogP contribution in [0, 0.1) is 0 Å². The Morgan fingerprint density at radius 3 is 0.625 bits per heavy atom. The fraction of sp³-hybridized carbons (Fsp3) is 0.600. The third-order valence-electron chi connectivity index (χ3n) is 8.12. The van der Waals surface area contributed by atoms with Gasteiger partial charge in [0, 0.05) is 0 Å². The fourth-order valence-corrected chi connectivity index (χ4v) is 4.85. The Labute approximate surface area is 290 Å². The molecule has 0 bridgehead atoms. The second-order valence-electron chi connectivity index (χ2n) is 11.9. The highest BCUT2D eigenvalue weighted by atomic mass is 16.4. The van der Waals surface area contributed by atoms with E-state index in [1.165, 1.54) is 0 Å². The first-order valence-corrected chi connectivity index (χ1v) is 18.0. The highest BCUT2D eigenvalue weighted by Crippen LogP contribution is 2.23. The van der Waals surface area contributed by atoms with Crippen molar-refractivity contribution in [3.63, 3.8) is 0 Å². The molecule has 4 N–H and O–H groups in total. The summed E-state index contributed by atoms with van der Waals surface area (Å²) < 4.78 is 0. The first-order valence-electron chi connectivity index (χ1n) is 18.0. The van der Waals surface area contributed by atoms with Crippen molar-refractivity contribution in [2.24, 2.45) is 0 Å². The van der Waals surface area contributed by atoms with Crippen LogP contribution in [0.5, 0.6) is 0 Å². The smallest absolute Gasteiger partial charge is 0.336 e. The number of hydrogen-bond acceptors (Lipinski definition) is 4. The van der Waals surface area contributed by atoms with E-state index >= 15 is 0 Å². The van der Waals surface area contributed by atoms with Crippen molar-refractivity contribution in [3.05, 3.63) is 68.9 Å². The minimum absolute atomic E-state index is 0.113. The lowest BCUT2D eigenvalue weighted by atomic mass is 9.97. The molecule has 0 aromatic carbocycles. The van der Waals surface area contributed by atoms with Crippen LogP contribution in [0.25, 0.3) is 0 Å². The molecule has 0 fully saturated rings. The molecule has 0 rings (SSSR count). The van der Waals surface area contributed by atoms with E-state index in [1.807, 2.05) is 27.7 Å². The van der Waals surface area contributed by atoms with Crippen LogP contribution < -0.4 is 0 Å². The van der Waals surface area contributed by atoms with Crippen molar-refractivity contribution in [1.29, 1.82) is 0 Å². The third kappa shape index (κ3) is 19.9. The van der Waals surface area contributed by atoms with Crippen molar-refractivity contribution < 1.29 is 39.6 Å². The van der Waals surface area contributed by atoms with Crippen LogP contribution >= 0.6 is 0 Å². The molecule has 272 valence electrons. The number of carbonyl (C=O) groups is 4. The fourth-order valence-electron chi connectivity index (χ4n) is 4.85. The summed E-state index contributed by atoms with van der Waals surface area (Å²) in [6.07, 6.45) is 20.3. The maximum atomic E-state index is 11.7. The Balaban J connectivity index is 0. The predicted octanol–water partition coefficient (Wildman–Crippen LogP) is 11.0. The van der Waals surface area contributed by atoms with Crippen molar-refractivity contribution >= 4 is 23.9 Å². The van der Waals surface area contributed by atoms with Gasteiger partial charge in [0.25, 0.3) is 0 Å². The van der Waals surface area contributed by atoms with Crippen LogP contribution in [0.15, 0.2) is 68.9 Å². The summed E-state index contributed by atoms with van der Waals surface area (Å²) in [5.41, 5.74) is 3.47. The zero-order chi connectivity index (χ0) is 37.1. The molecule has 8 nitrogen and oxygen atoms in total. The zero-order valence-electron chi connectivity index (χ0n) is 31.0. The monoisotopic (exact) mass is 672 g/mol. The highest BCUT2D eigenvalue weighted by Gasteiger charge is 2.19.